The minimum Gasteiger partial charge on any atom is -0.464 e. The zero-order valence-electron chi connectivity index (χ0n) is 12.0. The minimum atomic E-state index is 0.768. The SMILES string of the molecule is CNCC1=C(c2ccc3ccoc3c2)C2CCC(C1)C2. The minimum absolute atomic E-state index is 0.768. The highest BCUT2D eigenvalue weighted by atomic mass is 16.3. The smallest absolute Gasteiger partial charge is 0.134 e. The van der Waals surface area contributed by atoms with Gasteiger partial charge in [0, 0.05) is 11.9 Å². The predicted octanol–water partition coefficient (Wildman–Crippen LogP) is 4.23. The Morgan fingerprint density at radius 1 is 1.25 bits per heavy atom. The third kappa shape index (κ3) is 1.90. The van der Waals surface area contributed by atoms with Crippen LogP contribution in [0.3, 0.4) is 0 Å². The average Bonchev–Trinajstić information content (AvgIpc) is 3.06. The fourth-order valence-corrected chi connectivity index (χ4v) is 4.21. The molecule has 2 unspecified atom stereocenters. The van der Waals surface area contributed by atoms with Gasteiger partial charge in [-0.25, -0.2) is 0 Å². The normalized spacial score (nSPS) is 25.6. The van der Waals surface area contributed by atoms with Crippen molar-refractivity contribution in [3.63, 3.8) is 0 Å². The molecule has 1 saturated carbocycles. The molecule has 0 saturated heterocycles. The number of likely N-dealkylation sites (N-methyl/N-ethyl adjacent to an activating group) is 1. The fraction of sp³-hybridized carbons (Fsp3) is 0.444. The van der Waals surface area contributed by atoms with Gasteiger partial charge in [0.05, 0.1) is 6.26 Å². The largest absolute Gasteiger partial charge is 0.464 e. The first-order chi connectivity index (χ1) is 9.85. The van der Waals surface area contributed by atoms with Gasteiger partial charge in [-0.3, -0.25) is 0 Å². The second kappa shape index (κ2) is 4.78. The van der Waals surface area contributed by atoms with Crippen LogP contribution in [0, 0.1) is 11.8 Å². The van der Waals surface area contributed by atoms with Crippen molar-refractivity contribution in [1.82, 2.24) is 5.32 Å². The number of hydrogen-bond donors (Lipinski definition) is 1. The van der Waals surface area contributed by atoms with Crippen molar-refractivity contribution in [2.75, 3.05) is 13.6 Å². The van der Waals surface area contributed by atoms with Gasteiger partial charge in [0.15, 0.2) is 0 Å². The highest BCUT2D eigenvalue weighted by Crippen LogP contribution is 2.49. The maximum Gasteiger partial charge on any atom is 0.134 e. The van der Waals surface area contributed by atoms with Crippen molar-refractivity contribution >= 4 is 16.5 Å². The molecule has 4 rings (SSSR count). The molecular formula is C18H21NO. The van der Waals surface area contributed by atoms with E-state index in [1.165, 1.54) is 36.6 Å². The van der Waals surface area contributed by atoms with Gasteiger partial charge in [-0.1, -0.05) is 17.7 Å². The van der Waals surface area contributed by atoms with E-state index in [0.717, 1.165) is 24.0 Å². The molecule has 1 fully saturated rings. The molecule has 1 N–H and O–H groups in total. The highest BCUT2D eigenvalue weighted by Gasteiger charge is 2.34. The van der Waals surface area contributed by atoms with Gasteiger partial charge in [-0.15, -0.1) is 0 Å². The van der Waals surface area contributed by atoms with Crippen molar-refractivity contribution in [1.29, 1.82) is 0 Å². The van der Waals surface area contributed by atoms with E-state index in [-0.39, 0.29) is 0 Å². The first kappa shape index (κ1) is 12.2. The number of allylic oxidation sites excluding steroid dienone is 1. The summed E-state index contributed by atoms with van der Waals surface area (Å²) in [6.07, 6.45) is 7.22. The van der Waals surface area contributed by atoms with E-state index in [2.05, 4.69) is 30.6 Å². The van der Waals surface area contributed by atoms with E-state index in [1.807, 2.05) is 6.07 Å². The Balaban J connectivity index is 1.83. The van der Waals surface area contributed by atoms with Crippen LogP contribution in [0.1, 0.15) is 31.2 Å². The van der Waals surface area contributed by atoms with Crippen LogP contribution in [-0.2, 0) is 0 Å². The summed E-state index contributed by atoms with van der Waals surface area (Å²) < 4.78 is 5.59. The molecule has 2 heteroatoms. The van der Waals surface area contributed by atoms with Gasteiger partial charge in [0.2, 0.25) is 0 Å². The third-order valence-electron chi connectivity index (χ3n) is 5.02. The Bertz CT molecular complexity index is 667. The standard InChI is InChI=1S/C18H21NO/c1-19-11-16-9-12-2-3-14(8-12)18(16)15-5-4-13-6-7-20-17(13)10-15/h4-7,10,12,14,19H,2-3,8-9,11H2,1H3. The van der Waals surface area contributed by atoms with E-state index >= 15 is 0 Å². The van der Waals surface area contributed by atoms with Crippen LogP contribution in [0.25, 0.3) is 16.5 Å². The zero-order valence-corrected chi connectivity index (χ0v) is 12.0. The molecule has 104 valence electrons. The predicted molar refractivity (Wildman–Crippen MR) is 82.5 cm³/mol. The summed E-state index contributed by atoms with van der Waals surface area (Å²) in [6.45, 7) is 1.03. The molecule has 1 aromatic carbocycles. The molecule has 0 amide bonds. The van der Waals surface area contributed by atoms with Gasteiger partial charge in [0.1, 0.15) is 5.58 Å². The molecule has 0 aliphatic heterocycles. The van der Waals surface area contributed by atoms with E-state index in [1.54, 1.807) is 17.4 Å². The summed E-state index contributed by atoms with van der Waals surface area (Å²) in [5.74, 6) is 1.70. The molecule has 2 aromatic rings. The average molecular weight is 267 g/mol. The molecule has 0 radical (unpaired) electrons. The molecule has 2 aliphatic carbocycles. The molecule has 1 heterocycles. The van der Waals surface area contributed by atoms with Gasteiger partial charge >= 0.3 is 0 Å². The number of hydrogen-bond acceptors (Lipinski definition) is 2. The number of furan rings is 1. The third-order valence-corrected chi connectivity index (χ3v) is 5.02. The van der Waals surface area contributed by atoms with E-state index in [4.69, 9.17) is 4.42 Å². The maximum atomic E-state index is 5.59. The van der Waals surface area contributed by atoms with Gasteiger partial charge in [-0.2, -0.15) is 0 Å². The van der Waals surface area contributed by atoms with Crippen LogP contribution in [0.15, 0.2) is 40.5 Å². The quantitative estimate of drug-likeness (QED) is 0.900. The Hall–Kier alpha value is -1.54. The monoisotopic (exact) mass is 267 g/mol. The lowest BCUT2D eigenvalue weighted by Gasteiger charge is -2.27. The Morgan fingerprint density at radius 3 is 3.10 bits per heavy atom. The number of fused-ring (bicyclic) bond motifs is 3. The molecular weight excluding hydrogens is 246 g/mol. The summed E-state index contributed by atoms with van der Waals surface area (Å²) in [6, 6.07) is 8.74. The Morgan fingerprint density at radius 2 is 2.20 bits per heavy atom. The van der Waals surface area contributed by atoms with E-state index in [9.17, 15) is 0 Å². The first-order valence-electron chi connectivity index (χ1n) is 7.69. The Labute approximate surface area is 119 Å². The molecule has 2 bridgehead atoms. The van der Waals surface area contributed by atoms with Gasteiger partial charge in [-0.05, 0) is 67.8 Å². The van der Waals surface area contributed by atoms with Gasteiger partial charge in [0.25, 0.3) is 0 Å². The molecule has 2 aliphatic rings. The van der Waals surface area contributed by atoms with Crippen molar-refractivity contribution in [2.24, 2.45) is 11.8 Å². The van der Waals surface area contributed by atoms with Crippen LogP contribution < -0.4 is 5.32 Å². The van der Waals surface area contributed by atoms with Gasteiger partial charge < -0.3 is 9.73 Å². The summed E-state index contributed by atoms with van der Waals surface area (Å²) >= 11 is 0. The van der Waals surface area contributed by atoms with E-state index < -0.39 is 0 Å². The molecule has 20 heavy (non-hydrogen) atoms. The second-order valence-electron chi connectivity index (χ2n) is 6.30. The summed E-state index contributed by atoms with van der Waals surface area (Å²) in [5, 5.41) is 4.56. The summed E-state index contributed by atoms with van der Waals surface area (Å²) in [7, 11) is 2.05. The zero-order chi connectivity index (χ0) is 13.5. The van der Waals surface area contributed by atoms with Crippen molar-refractivity contribution in [2.45, 2.75) is 25.7 Å². The van der Waals surface area contributed by atoms with Crippen LogP contribution in [0.2, 0.25) is 0 Å². The lowest BCUT2D eigenvalue weighted by atomic mass is 9.79. The second-order valence-corrected chi connectivity index (χ2v) is 6.30. The van der Waals surface area contributed by atoms with Crippen LogP contribution in [-0.4, -0.2) is 13.6 Å². The summed E-state index contributed by atoms with van der Waals surface area (Å²) in [4.78, 5) is 0. The molecule has 0 spiro atoms. The summed E-state index contributed by atoms with van der Waals surface area (Å²) in [5.41, 5.74) is 5.62. The first-order valence-corrected chi connectivity index (χ1v) is 7.69. The fourth-order valence-electron chi connectivity index (χ4n) is 4.21. The Kier molecular flexibility index (Phi) is 2.92. The van der Waals surface area contributed by atoms with E-state index in [0.29, 0.717) is 0 Å². The maximum absolute atomic E-state index is 5.59. The number of rotatable bonds is 3. The molecule has 2 nitrogen and oxygen atoms in total. The topological polar surface area (TPSA) is 25.2 Å². The van der Waals surface area contributed by atoms with Crippen molar-refractivity contribution in [3.8, 4) is 0 Å². The number of benzene rings is 1. The van der Waals surface area contributed by atoms with Crippen molar-refractivity contribution in [3.05, 3.63) is 41.7 Å². The highest BCUT2D eigenvalue weighted by molar-refractivity contribution is 5.83. The van der Waals surface area contributed by atoms with Crippen LogP contribution in [0.5, 0.6) is 0 Å². The van der Waals surface area contributed by atoms with Crippen LogP contribution >= 0.6 is 0 Å². The molecule has 1 aromatic heterocycles. The van der Waals surface area contributed by atoms with Crippen LogP contribution in [0.4, 0.5) is 0 Å². The van der Waals surface area contributed by atoms with Crippen molar-refractivity contribution < 1.29 is 4.42 Å². The molecule has 2 atom stereocenters. The lowest BCUT2D eigenvalue weighted by molar-refractivity contribution is 0.502. The lowest BCUT2D eigenvalue weighted by Crippen LogP contribution is -2.19. The number of nitrogens with one attached hydrogen (secondary N) is 1.